The van der Waals surface area contributed by atoms with Crippen molar-refractivity contribution in [2.24, 2.45) is 5.84 Å². The largest absolute Gasteiger partial charge is 0.486 e. The van der Waals surface area contributed by atoms with Crippen LogP contribution < -0.4 is 20.7 Å². The number of halogens is 1. The van der Waals surface area contributed by atoms with E-state index < -0.39 is 0 Å². The summed E-state index contributed by atoms with van der Waals surface area (Å²) in [7, 11) is 0. The summed E-state index contributed by atoms with van der Waals surface area (Å²) in [6.07, 6.45) is 1.60. The van der Waals surface area contributed by atoms with Crippen molar-refractivity contribution in [2.75, 3.05) is 13.2 Å². The number of rotatable bonds is 3. The fraction of sp³-hybridized carbons (Fsp3) is 0.214. The predicted octanol–water partition coefficient (Wildman–Crippen LogP) is 2.06. The average molecular weight is 292 g/mol. The summed E-state index contributed by atoms with van der Waals surface area (Å²) in [4.78, 5) is 4.29. The van der Waals surface area contributed by atoms with Crippen molar-refractivity contribution in [3.05, 3.63) is 52.8 Å². The van der Waals surface area contributed by atoms with Gasteiger partial charge in [0.05, 0.1) is 16.8 Å². The van der Waals surface area contributed by atoms with Gasteiger partial charge >= 0.3 is 0 Å². The highest BCUT2D eigenvalue weighted by atomic mass is 35.5. The lowest BCUT2D eigenvalue weighted by molar-refractivity contribution is 0.171. The zero-order valence-corrected chi connectivity index (χ0v) is 11.4. The van der Waals surface area contributed by atoms with Crippen LogP contribution >= 0.6 is 11.6 Å². The van der Waals surface area contributed by atoms with Gasteiger partial charge in [0.2, 0.25) is 0 Å². The number of ether oxygens (including phenoxy) is 2. The minimum Gasteiger partial charge on any atom is -0.486 e. The molecule has 3 N–H and O–H groups in total. The zero-order valence-electron chi connectivity index (χ0n) is 10.7. The van der Waals surface area contributed by atoms with Crippen molar-refractivity contribution in [2.45, 2.75) is 6.04 Å². The van der Waals surface area contributed by atoms with E-state index in [4.69, 9.17) is 26.9 Å². The Morgan fingerprint density at radius 2 is 1.95 bits per heavy atom. The fourth-order valence-electron chi connectivity index (χ4n) is 2.15. The number of aromatic nitrogens is 1. The molecule has 0 saturated heterocycles. The molecule has 1 unspecified atom stereocenters. The molecule has 2 aromatic rings. The first kappa shape index (κ1) is 13.2. The minimum atomic E-state index is -0.233. The number of fused-ring (bicyclic) bond motifs is 1. The van der Waals surface area contributed by atoms with Crippen LogP contribution in [0.15, 0.2) is 36.5 Å². The second-order valence-electron chi connectivity index (χ2n) is 4.40. The van der Waals surface area contributed by atoms with Crippen molar-refractivity contribution < 1.29 is 9.47 Å². The number of pyridine rings is 1. The highest BCUT2D eigenvalue weighted by molar-refractivity contribution is 6.30. The van der Waals surface area contributed by atoms with Crippen molar-refractivity contribution in [1.29, 1.82) is 0 Å². The summed E-state index contributed by atoms with van der Waals surface area (Å²) in [5, 5.41) is 0.590. The third-order valence-corrected chi connectivity index (χ3v) is 3.34. The van der Waals surface area contributed by atoms with Crippen molar-refractivity contribution in [3.8, 4) is 11.5 Å². The average Bonchev–Trinajstić information content (AvgIpc) is 2.50. The molecule has 0 spiro atoms. The lowest BCUT2D eigenvalue weighted by Gasteiger charge is -2.21. The topological polar surface area (TPSA) is 69.4 Å². The highest BCUT2D eigenvalue weighted by Crippen LogP contribution is 2.33. The van der Waals surface area contributed by atoms with Crippen LogP contribution in [0.25, 0.3) is 0 Å². The second-order valence-corrected chi connectivity index (χ2v) is 4.84. The Labute approximate surface area is 121 Å². The van der Waals surface area contributed by atoms with Crippen molar-refractivity contribution in [1.82, 2.24) is 10.4 Å². The Balaban J connectivity index is 1.94. The first-order chi connectivity index (χ1) is 9.78. The van der Waals surface area contributed by atoms with Crippen LogP contribution in [0, 0.1) is 0 Å². The molecule has 2 heterocycles. The van der Waals surface area contributed by atoms with Crippen LogP contribution in [0.1, 0.15) is 17.3 Å². The first-order valence-corrected chi connectivity index (χ1v) is 6.63. The minimum absolute atomic E-state index is 0.233. The molecule has 0 radical (unpaired) electrons. The molecular formula is C14H14ClN3O2. The number of nitrogens with zero attached hydrogens (tertiary/aromatic N) is 1. The van der Waals surface area contributed by atoms with Gasteiger partial charge in [0.25, 0.3) is 0 Å². The third-order valence-electron chi connectivity index (χ3n) is 3.11. The van der Waals surface area contributed by atoms with Gasteiger partial charge in [0, 0.05) is 6.20 Å². The van der Waals surface area contributed by atoms with Crippen molar-refractivity contribution >= 4 is 11.6 Å². The van der Waals surface area contributed by atoms with E-state index in [1.165, 1.54) is 0 Å². The second kappa shape index (κ2) is 5.66. The van der Waals surface area contributed by atoms with Crippen LogP contribution in [-0.2, 0) is 0 Å². The van der Waals surface area contributed by atoms with Crippen molar-refractivity contribution in [3.63, 3.8) is 0 Å². The molecule has 6 heteroatoms. The SMILES string of the molecule is NNC(c1ccc2c(c1)OCCO2)c1ccc(Cl)cn1. The number of benzene rings is 1. The maximum atomic E-state index is 5.85. The molecule has 0 fully saturated rings. The zero-order chi connectivity index (χ0) is 13.9. The summed E-state index contributed by atoms with van der Waals surface area (Å²) in [5.41, 5.74) is 4.50. The predicted molar refractivity (Wildman–Crippen MR) is 75.8 cm³/mol. The molecule has 1 aromatic heterocycles. The fourth-order valence-corrected chi connectivity index (χ4v) is 2.26. The third kappa shape index (κ3) is 2.56. The quantitative estimate of drug-likeness (QED) is 0.669. The molecule has 3 rings (SSSR count). The van der Waals surface area contributed by atoms with E-state index in [0.717, 1.165) is 22.8 Å². The molecular weight excluding hydrogens is 278 g/mol. The summed E-state index contributed by atoms with van der Waals surface area (Å²) < 4.78 is 11.1. The molecule has 20 heavy (non-hydrogen) atoms. The maximum absolute atomic E-state index is 5.85. The smallest absolute Gasteiger partial charge is 0.161 e. The summed E-state index contributed by atoms with van der Waals surface area (Å²) >= 11 is 5.85. The van der Waals surface area contributed by atoms with Gasteiger partial charge in [-0.2, -0.15) is 0 Å². The van der Waals surface area contributed by atoms with E-state index in [0.29, 0.717) is 18.2 Å². The molecule has 1 aromatic carbocycles. The van der Waals surface area contributed by atoms with E-state index in [-0.39, 0.29) is 6.04 Å². The van der Waals surface area contributed by atoms with Crippen LogP contribution in [0.3, 0.4) is 0 Å². The molecule has 0 amide bonds. The summed E-state index contributed by atoms with van der Waals surface area (Å²) in [5.74, 6) is 7.13. The Kier molecular flexibility index (Phi) is 3.73. The number of nitrogens with two attached hydrogens (primary N) is 1. The lowest BCUT2D eigenvalue weighted by atomic mass is 10.0. The molecule has 104 valence electrons. The molecule has 0 aliphatic carbocycles. The standard InChI is InChI=1S/C14H14ClN3O2/c15-10-2-3-11(17-8-10)14(18-16)9-1-4-12-13(7-9)20-6-5-19-12/h1-4,7-8,14,18H,5-6,16H2. The molecule has 1 atom stereocenters. The monoisotopic (exact) mass is 291 g/mol. The lowest BCUT2D eigenvalue weighted by Crippen LogP contribution is -2.29. The van der Waals surface area contributed by atoms with Gasteiger partial charge < -0.3 is 9.47 Å². The van der Waals surface area contributed by atoms with E-state index in [9.17, 15) is 0 Å². The van der Waals surface area contributed by atoms with Crippen LogP contribution in [-0.4, -0.2) is 18.2 Å². The Morgan fingerprint density at radius 1 is 1.15 bits per heavy atom. The Morgan fingerprint density at radius 3 is 2.65 bits per heavy atom. The van der Waals surface area contributed by atoms with Gasteiger partial charge in [-0.1, -0.05) is 17.7 Å². The van der Waals surface area contributed by atoms with E-state index >= 15 is 0 Å². The van der Waals surface area contributed by atoms with Crippen LogP contribution in [0.5, 0.6) is 11.5 Å². The van der Waals surface area contributed by atoms with E-state index in [1.807, 2.05) is 24.3 Å². The normalized spacial score (nSPS) is 14.9. The van der Waals surface area contributed by atoms with Gasteiger partial charge in [0.15, 0.2) is 11.5 Å². The van der Waals surface area contributed by atoms with Crippen LogP contribution in [0.2, 0.25) is 5.02 Å². The van der Waals surface area contributed by atoms with Gasteiger partial charge in [-0.25, -0.2) is 5.43 Å². The number of nitrogens with one attached hydrogen (secondary N) is 1. The van der Waals surface area contributed by atoms with Gasteiger partial charge in [-0.15, -0.1) is 0 Å². The van der Waals surface area contributed by atoms with Gasteiger partial charge in [-0.05, 0) is 29.8 Å². The highest BCUT2D eigenvalue weighted by Gasteiger charge is 2.18. The molecule has 1 aliphatic heterocycles. The van der Waals surface area contributed by atoms with E-state index in [1.54, 1.807) is 12.3 Å². The van der Waals surface area contributed by atoms with E-state index in [2.05, 4.69) is 10.4 Å². The molecule has 1 aliphatic rings. The molecule has 0 saturated carbocycles. The van der Waals surface area contributed by atoms with Gasteiger partial charge in [-0.3, -0.25) is 10.8 Å². The summed E-state index contributed by atoms with van der Waals surface area (Å²) in [6, 6.07) is 9.12. The molecule has 0 bridgehead atoms. The molecule has 5 nitrogen and oxygen atoms in total. The number of hydrogen-bond donors (Lipinski definition) is 2. The first-order valence-electron chi connectivity index (χ1n) is 6.25. The maximum Gasteiger partial charge on any atom is 0.161 e. The number of hydrazine groups is 1. The Bertz CT molecular complexity index is 604. The summed E-state index contributed by atoms with van der Waals surface area (Å²) in [6.45, 7) is 1.13. The van der Waals surface area contributed by atoms with Crippen LogP contribution in [0.4, 0.5) is 0 Å². The Hall–Kier alpha value is -1.82. The number of hydrogen-bond acceptors (Lipinski definition) is 5. The van der Waals surface area contributed by atoms with Gasteiger partial charge in [0.1, 0.15) is 13.2 Å².